The van der Waals surface area contributed by atoms with Gasteiger partial charge in [0.25, 0.3) is 0 Å². The lowest BCUT2D eigenvalue weighted by Crippen LogP contribution is -1.88. The molecule has 3 heteroatoms. The van der Waals surface area contributed by atoms with Gasteiger partial charge in [-0.05, 0) is 29.0 Å². The van der Waals surface area contributed by atoms with Gasteiger partial charge in [-0.1, -0.05) is 13.8 Å². The van der Waals surface area contributed by atoms with Crippen molar-refractivity contribution in [3.8, 4) is 0 Å². The zero-order valence-electron chi connectivity index (χ0n) is 9.83. The monoisotopic (exact) mass is 237 g/mol. The van der Waals surface area contributed by atoms with Gasteiger partial charge in [-0.2, -0.15) is 11.8 Å². The molecule has 0 saturated carbocycles. The van der Waals surface area contributed by atoms with Crippen LogP contribution in [0.4, 0.5) is 4.39 Å². The topological polar surface area (TPSA) is 4.93 Å². The van der Waals surface area contributed by atoms with Crippen molar-refractivity contribution < 1.29 is 4.39 Å². The fourth-order valence-electron chi connectivity index (χ4n) is 1.82. The third kappa shape index (κ3) is 2.24. The molecule has 0 amide bonds. The minimum atomic E-state index is -0.158. The first-order valence-electron chi connectivity index (χ1n) is 5.43. The average molecular weight is 237 g/mol. The summed E-state index contributed by atoms with van der Waals surface area (Å²) in [5.74, 6) is 0.785. The highest BCUT2D eigenvalue weighted by molar-refractivity contribution is 7.99. The summed E-state index contributed by atoms with van der Waals surface area (Å²) in [7, 11) is 2.00. The number of hydrogen-bond donors (Lipinski definition) is 0. The van der Waals surface area contributed by atoms with Crippen LogP contribution in [0.25, 0.3) is 10.9 Å². The SMILES string of the molecule is CC(C)SCc1cn(C)c2ccc(F)cc12. The lowest BCUT2D eigenvalue weighted by molar-refractivity contribution is 0.629. The van der Waals surface area contributed by atoms with Gasteiger partial charge >= 0.3 is 0 Å². The fraction of sp³-hybridized carbons (Fsp3) is 0.385. The molecule has 16 heavy (non-hydrogen) atoms. The molecule has 0 bridgehead atoms. The molecule has 1 aromatic heterocycles. The zero-order valence-corrected chi connectivity index (χ0v) is 10.6. The van der Waals surface area contributed by atoms with Gasteiger partial charge in [0, 0.05) is 29.9 Å². The van der Waals surface area contributed by atoms with Gasteiger partial charge in [-0.3, -0.25) is 0 Å². The maximum atomic E-state index is 13.2. The molecule has 0 saturated heterocycles. The molecule has 0 spiro atoms. The number of rotatable bonds is 3. The van der Waals surface area contributed by atoms with E-state index in [0.29, 0.717) is 5.25 Å². The van der Waals surface area contributed by atoms with Crippen molar-refractivity contribution in [3.63, 3.8) is 0 Å². The molecule has 2 rings (SSSR count). The molecule has 0 aliphatic rings. The Morgan fingerprint density at radius 1 is 1.38 bits per heavy atom. The molecule has 0 atom stereocenters. The summed E-state index contributed by atoms with van der Waals surface area (Å²) in [5.41, 5.74) is 2.32. The summed E-state index contributed by atoms with van der Waals surface area (Å²) in [6, 6.07) is 4.99. The zero-order chi connectivity index (χ0) is 11.7. The highest BCUT2D eigenvalue weighted by Crippen LogP contribution is 2.26. The first-order valence-corrected chi connectivity index (χ1v) is 6.48. The van der Waals surface area contributed by atoms with Gasteiger partial charge in [0.05, 0.1) is 0 Å². The Hall–Kier alpha value is -0.960. The van der Waals surface area contributed by atoms with Crippen molar-refractivity contribution in [2.45, 2.75) is 24.9 Å². The van der Waals surface area contributed by atoms with Crippen LogP contribution in [0, 0.1) is 5.82 Å². The molecule has 1 aromatic carbocycles. The van der Waals surface area contributed by atoms with E-state index in [9.17, 15) is 4.39 Å². The van der Waals surface area contributed by atoms with E-state index < -0.39 is 0 Å². The van der Waals surface area contributed by atoms with Crippen molar-refractivity contribution >= 4 is 22.7 Å². The highest BCUT2D eigenvalue weighted by atomic mass is 32.2. The number of fused-ring (bicyclic) bond motifs is 1. The Labute approximate surface area is 99.6 Å². The number of halogens is 1. The van der Waals surface area contributed by atoms with Gasteiger partial charge in [-0.25, -0.2) is 4.39 Å². The van der Waals surface area contributed by atoms with Crippen LogP contribution < -0.4 is 0 Å². The molecule has 1 heterocycles. The summed E-state index contributed by atoms with van der Waals surface area (Å²) in [4.78, 5) is 0. The lowest BCUT2D eigenvalue weighted by atomic mass is 10.2. The summed E-state index contributed by atoms with van der Waals surface area (Å²) in [6.07, 6.45) is 2.10. The standard InChI is InChI=1S/C13H16FNS/c1-9(2)16-8-10-7-15(3)13-5-4-11(14)6-12(10)13/h4-7,9H,8H2,1-3H3. The number of nitrogens with zero attached hydrogens (tertiary/aromatic N) is 1. The molecule has 0 radical (unpaired) electrons. The van der Waals surface area contributed by atoms with Crippen LogP contribution in [0.1, 0.15) is 19.4 Å². The van der Waals surface area contributed by atoms with Crippen LogP contribution in [-0.2, 0) is 12.8 Å². The molecule has 0 unspecified atom stereocenters. The van der Waals surface area contributed by atoms with E-state index in [2.05, 4.69) is 24.6 Å². The first kappa shape index (κ1) is 11.5. The lowest BCUT2D eigenvalue weighted by Gasteiger charge is -2.03. The molecular formula is C13H16FNS. The second kappa shape index (κ2) is 4.50. The van der Waals surface area contributed by atoms with Crippen molar-refractivity contribution in [3.05, 3.63) is 35.8 Å². The van der Waals surface area contributed by atoms with Crippen molar-refractivity contribution in [2.24, 2.45) is 7.05 Å². The fourth-order valence-corrected chi connectivity index (χ4v) is 2.56. The van der Waals surface area contributed by atoms with Crippen molar-refractivity contribution in [2.75, 3.05) is 0 Å². The van der Waals surface area contributed by atoms with E-state index in [1.165, 1.54) is 11.6 Å². The second-order valence-corrected chi connectivity index (χ2v) is 5.85. The summed E-state index contributed by atoms with van der Waals surface area (Å²) in [6.45, 7) is 4.35. The minimum absolute atomic E-state index is 0.158. The molecule has 0 aliphatic heterocycles. The quantitative estimate of drug-likeness (QED) is 0.782. The van der Waals surface area contributed by atoms with E-state index in [0.717, 1.165) is 16.7 Å². The second-order valence-electron chi connectivity index (χ2n) is 4.29. The molecule has 1 nitrogen and oxygen atoms in total. The highest BCUT2D eigenvalue weighted by Gasteiger charge is 2.08. The molecule has 0 N–H and O–H groups in total. The van der Waals surface area contributed by atoms with Crippen LogP contribution in [0.3, 0.4) is 0 Å². The Morgan fingerprint density at radius 2 is 2.12 bits per heavy atom. The third-order valence-electron chi connectivity index (χ3n) is 2.61. The van der Waals surface area contributed by atoms with Gasteiger partial charge < -0.3 is 4.57 Å². The Bertz CT molecular complexity index is 502. The normalized spacial score (nSPS) is 11.6. The predicted molar refractivity (Wildman–Crippen MR) is 69.3 cm³/mol. The summed E-state index contributed by atoms with van der Waals surface area (Å²) in [5, 5.41) is 1.64. The van der Waals surface area contributed by atoms with Gasteiger partial charge in [0.2, 0.25) is 0 Å². The molecule has 0 aliphatic carbocycles. The van der Waals surface area contributed by atoms with E-state index in [1.54, 1.807) is 6.07 Å². The third-order valence-corrected chi connectivity index (χ3v) is 3.75. The van der Waals surface area contributed by atoms with Crippen molar-refractivity contribution in [1.82, 2.24) is 4.57 Å². The number of benzene rings is 1. The van der Waals surface area contributed by atoms with Gasteiger partial charge in [-0.15, -0.1) is 0 Å². The Kier molecular flexibility index (Phi) is 3.24. The van der Waals surface area contributed by atoms with Gasteiger partial charge in [0.15, 0.2) is 0 Å². The van der Waals surface area contributed by atoms with Crippen LogP contribution in [0.5, 0.6) is 0 Å². The first-order chi connectivity index (χ1) is 7.58. The van der Waals surface area contributed by atoms with Crippen LogP contribution in [-0.4, -0.2) is 9.82 Å². The molecule has 86 valence electrons. The summed E-state index contributed by atoms with van der Waals surface area (Å²) < 4.78 is 15.3. The molecule has 2 aromatic rings. The van der Waals surface area contributed by atoms with Crippen LogP contribution in [0.2, 0.25) is 0 Å². The number of hydrogen-bond acceptors (Lipinski definition) is 1. The number of aromatic nitrogens is 1. The number of thioether (sulfide) groups is 1. The Morgan fingerprint density at radius 3 is 2.81 bits per heavy atom. The van der Waals surface area contributed by atoms with E-state index in [1.807, 2.05) is 24.9 Å². The molecule has 0 fully saturated rings. The van der Waals surface area contributed by atoms with Gasteiger partial charge in [0.1, 0.15) is 5.82 Å². The maximum absolute atomic E-state index is 13.2. The number of aryl methyl sites for hydroxylation is 1. The summed E-state index contributed by atoms with van der Waals surface area (Å²) >= 11 is 1.88. The minimum Gasteiger partial charge on any atom is -0.350 e. The van der Waals surface area contributed by atoms with E-state index >= 15 is 0 Å². The Balaban J connectivity index is 2.41. The predicted octanol–water partition coefficient (Wildman–Crippen LogP) is 3.96. The largest absolute Gasteiger partial charge is 0.350 e. The maximum Gasteiger partial charge on any atom is 0.123 e. The van der Waals surface area contributed by atoms with Crippen LogP contribution in [0.15, 0.2) is 24.4 Å². The van der Waals surface area contributed by atoms with E-state index in [4.69, 9.17) is 0 Å². The van der Waals surface area contributed by atoms with E-state index in [-0.39, 0.29) is 5.82 Å². The smallest absolute Gasteiger partial charge is 0.123 e. The molecular weight excluding hydrogens is 221 g/mol. The van der Waals surface area contributed by atoms with Crippen LogP contribution >= 0.6 is 11.8 Å². The van der Waals surface area contributed by atoms with Crippen molar-refractivity contribution in [1.29, 1.82) is 0 Å². The average Bonchev–Trinajstić information content (AvgIpc) is 2.52.